The number of aromatic nitrogens is 3. The van der Waals surface area contributed by atoms with Crippen LogP contribution in [0.1, 0.15) is 0 Å². The highest BCUT2D eigenvalue weighted by atomic mass is 32.2. The Morgan fingerprint density at radius 2 is 2.14 bits per heavy atom. The van der Waals surface area contributed by atoms with Crippen LogP contribution >= 0.6 is 0 Å². The molecule has 0 radical (unpaired) electrons. The lowest BCUT2D eigenvalue weighted by atomic mass is 10.2. The highest BCUT2D eigenvalue weighted by Gasteiger charge is 2.11. The summed E-state index contributed by atoms with van der Waals surface area (Å²) in [6.45, 7) is 0.419. The Morgan fingerprint density at radius 1 is 1.29 bits per heavy atom. The van der Waals surface area contributed by atoms with Crippen molar-refractivity contribution in [1.82, 2.24) is 15.0 Å². The van der Waals surface area contributed by atoms with E-state index in [-0.39, 0.29) is 0 Å². The van der Waals surface area contributed by atoms with Crippen LogP contribution in [0.4, 0.5) is 0 Å². The van der Waals surface area contributed by atoms with E-state index in [1.165, 1.54) is 0 Å². The average molecular weight is 301 g/mol. The molecule has 0 saturated heterocycles. The first-order valence-corrected chi connectivity index (χ1v) is 8.29. The lowest BCUT2D eigenvalue weighted by Crippen LogP contribution is -2.12. The number of hydrogen-bond acceptors (Lipinski definition) is 4. The fourth-order valence-corrected chi connectivity index (χ4v) is 2.36. The number of pyridine rings is 1. The molecule has 5 nitrogen and oxygen atoms in total. The van der Waals surface area contributed by atoms with Gasteiger partial charge in [-0.3, -0.25) is 4.98 Å². The summed E-state index contributed by atoms with van der Waals surface area (Å²) in [5.41, 5.74) is 2.64. The summed E-state index contributed by atoms with van der Waals surface area (Å²) in [7, 11) is 0. The van der Waals surface area contributed by atoms with Crippen LogP contribution in [0.2, 0.25) is 0 Å². The number of hydrogen-bond donors (Lipinski definition) is 1. The van der Waals surface area contributed by atoms with E-state index in [4.69, 9.17) is 4.74 Å². The fraction of sp³-hybridized carbons (Fsp3) is 0.200. The molecular weight excluding hydrogens is 286 g/mol. The van der Waals surface area contributed by atoms with Gasteiger partial charge in [-0.25, -0.2) is 4.98 Å². The van der Waals surface area contributed by atoms with Gasteiger partial charge >= 0.3 is 0 Å². The lowest BCUT2D eigenvalue weighted by molar-refractivity contribution is 0.342. The number of para-hydroxylation sites is 1. The summed E-state index contributed by atoms with van der Waals surface area (Å²) in [4.78, 5) is 11.9. The van der Waals surface area contributed by atoms with Crippen LogP contribution in [0.3, 0.4) is 0 Å². The van der Waals surface area contributed by atoms with Crippen LogP contribution in [0.5, 0.6) is 5.75 Å². The largest absolute Gasteiger partial charge is 0.616 e. The predicted octanol–water partition coefficient (Wildman–Crippen LogP) is 2.38. The fourth-order valence-electron chi connectivity index (χ4n) is 2.04. The summed E-state index contributed by atoms with van der Waals surface area (Å²) < 4.78 is 16.8. The van der Waals surface area contributed by atoms with Gasteiger partial charge in [-0.15, -0.1) is 0 Å². The normalized spacial score (nSPS) is 12.5. The highest BCUT2D eigenvalue weighted by Crippen LogP contribution is 2.29. The third-order valence-corrected chi connectivity index (χ3v) is 3.80. The van der Waals surface area contributed by atoms with Gasteiger partial charge in [0.25, 0.3) is 0 Å². The van der Waals surface area contributed by atoms with Crippen molar-refractivity contribution in [2.75, 3.05) is 18.6 Å². The zero-order valence-electron chi connectivity index (χ0n) is 11.6. The zero-order valence-corrected chi connectivity index (χ0v) is 12.4. The zero-order chi connectivity index (χ0) is 14.7. The Labute approximate surface area is 125 Å². The van der Waals surface area contributed by atoms with Crippen molar-refractivity contribution >= 4 is 22.2 Å². The second-order valence-electron chi connectivity index (χ2n) is 4.60. The number of rotatable bonds is 5. The third kappa shape index (κ3) is 3.17. The Morgan fingerprint density at radius 3 is 2.95 bits per heavy atom. The molecule has 3 aromatic rings. The molecule has 1 N–H and O–H groups in total. The van der Waals surface area contributed by atoms with Crippen LogP contribution in [0.15, 0.2) is 42.7 Å². The van der Waals surface area contributed by atoms with Gasteiger partial charge in [0, 0.05) is 6.20 Å². The Hall–Kier alpha value is -2.05. The van der Waals surface area contributed by atoms with Gasteiger partial charge < -0.3 is 14.3 Å². The van der Waals surface area contributed by atoms with Crippen LogP contribution in [-0.4, -0.2) is 38.1 Å². The van der Waals surface area contributed by atoms with Crippen molar-refractivity contribution in [3.63, 3.8) is 0 Å². The molecule has 3 rings (SSSR count). The molecule has 108 valence electrons. The first kappa shape index (κ1) is 13.9. The molecule has 21 heavy (non-hydrogen) atoms. The Balaban J connectivity index is 1.90. The standard InChI is InChI=1S/C15H15N3O2S/c1-21(19)9-8-20-14-5-3-2-4-11(14)15-17-12-6-7-16-10-13(12)18-15/h2-7,10H,8-9H2,1H3,(H,17,18). The van der Waals surface area contributed by atoms with Crippen molar-refractivity contribution in [3.8, 4) is 17.1 Å². The lowest BCUT2D eigenvalue weighted by Gasteiger charge is -2.10. The first-order chi connectivity index (χ1) is 10.2. The van der Waals surface area contributed by atoms with E-state index in [1.807, 2.05) is 30.3 Å². The number of nitrogens with zero attached hydrogens (tertiary/aromatic N) is 2. The van der Waals surface area contributed by atoms with Crippen molar-refractivity contribution < 1.29 is 9.29 Å². The van der Waals surface area contributed by atoms with Gasteiger partial charge in [0.05, 0.1) is 23.5 Å². The average Bonchev–Trinajstić information content (AvgIpc) is 2.91. The number of imidazole rings is 1. The monoisotopic (exact) mass is 301 g/mol. The molecule has 2 heterocycles. The van der Waals surface area contributed by atoms with Crippen LogP contribution in [-0.2, 0) is 11.2 Å². The van der Waals surface area contributed by atoms with Gasteiger partial charge in [0.15, 0.2) is 0 Å². The van der Waals surface area contributed by atoms with Crippen LogP contribution in [0.25, 0.3) is 22.4 Å². The van der Waals surface area contributed by atoms with E-state index in [0.29, 0.717) is 12.4 Å². The summed E-state index contributed by atoms with van der Waals surface area (Å²) in [5.74, 6) is 1.99. The number of fused-ring (bicyclic) bond motifs is 1. The van der Waals surface area contributed by atoms with E-state index in [1.54, 1.807) is 18.6 Å². The van der Waals surface area contributed by atoms with Crippen molar-refractivity contribution in [3.05, 3.63) is 42.7 Å². The van der Waals surface area contributed by atoms with Crippen LogP contribution < -0.4 is 4.74 Å². The molecule has 0 spiro atoms. The Bertz CT molecular complexity index is 709. The van der Waals surface area contributed by atoms with E-state index in [2.05, 4.69) is 15.0 Å². The van der Waals surface area contributed by atoms with Crippen LogP contribution in [0, 0.1) is 0 Å². The van der Waals surface area contributed by atoms with E-state index in [0.717, 1.165) is 28.2 Å². The second kappa shape index (κ2) is 6.15. The smallest absolute Gasteiger partial charge is 0.142 e. The number of ether oxygens (including phenoxy) is 1. The van der Waals surface area contributed by atoms with Gasteiger partial charge in [-0.2, -0.15) is 0 Å². The molecule has 0 amide bonds. The molecule has 0 fully saturated rings. The Kier molecular flexibility index (Phi) is 4.08. The molecule has 1 atom stereocenters. The third-order valence-electron chi connectivity index (χ3n) is 3.06. The highest BCUT2D eigenvalue weighted by molar-refractivity contribution is 7.90. The molecule has 2 aromatic heterocycles. The molecule has 1 aromatic carbocycles. The molecule has 0 bridgehead atoms. The maximum Gasteiger partial charge on any atom is 0.142 e. The van der Waals surface area contributed by atoms with E-state index < -0.39 is 11.2 Å². The molecule has 0 aliphatic rings. The molecule has 0 saturated carbocycles. The summed E-state index contributed by atoms with van der Waals surface area (Å²) in [6.07, 6.45) is 5.11. The quantitative estimate of drug-likeness (QED) is 0.734. The number of nitrogens with one attached hydrogen (secondary N) is 1. The number of benzene rings is 1. The van der Waals surface area contributed by atoms with Crippen molar-refractivity contribution in [2.45, 2.75) is 0 Å². The number of aromatic amines is 1. The molecule has 0 aliphatic carbocycles. The summed E-state index contributed by atoms with van der Waals surface area (Å²) in [6, 6.07) is 9.57. The number of H-pyrrole nitrogens is 1. The molecular formula is C15H15N3O2S. The minimum absolute atomic E-state index is 0.419. The molecule has 6 heteroatoms. The maximum absolute atomic E-state index is 11.1. The minimum Gasteiger partial charge on any atom is -0.616 e. The summed E-state index contributed by atoms with van der Waals surface area (Å²) >= 11 is -0.859. The maximum atomic E-state index is 11.1. The van der Waals surface area contributed by atoms with E-state index >= 15 is 0 Å². The van der Waals surface area contributed by atoms with Gasteiger partial charge in [-0.05, 0) is 18.2 Å². The molecule has 0 aliphatic heterocycles. The second-order valence-corrected chi connectivity index (χ2v) is 6.15. The van der Waals surface area contributed by atoms with Gasteiger partial charge in [-0.1, -0.05) is 23.3 Å². The van der Waals surface area contributed by atoms with Gasteiger partial charge in [0.1, 0.15) is 29.5 Å². The van der Waals surface area contributed by atoms with Crippen molar-refractivity contribution in [2.24, 2.45) is 0 Å². The topological polar surface area (TPSA) is 73.9 Å². The van der Waals surface area contributed by atoms with Crippen molar-refractivity contribution in [1.29, 1.82) is 0 Å². The first-order valence-electron chi connectivity index (χ1n) is 6.56. The predicted molar refractivity (Wildman–Crippen MR) is 83.8 cm³/mol. The minimum atomic E-state index is -0.859. The van der Waals surface area contributed by atoms with E-state index in [9.17, 15) is 4.55 Å². The SMILES string of the molecule is C[S+]([O-])CCOc1ccccc1-c1nc2cnccc2[nH]1. The molecule has 1 unspecified atom stereocenters. The van der Waals surface area contributed by atoms with Gasteiger partial charge in [0.2, 0.25) is 0 Å². The summed E-state index contributed by atoms with van der Waals surface area (Å²) in [5, 5.41) is 0.